The molecule has 2 aliphatic rings. The molecule has 0 saturated carbocycles. The lowest BCUT2D eigenvalue weighted by atomic mass is 10.2. The van der Waals surface area contributed by atoms with E-state index < -0.39 is 34.9 Å². The largest absolute Gasteiger partial charge is 0.414 e. The van der Waals surface area contributed by atoms with Crippen LogP contribution in [0.3, 0.4) is 0 Å². The minimum absolute atomic E-state index is 0.224. The first-order valence-corrected chi connectivity index (χ1v) is 15.3. The molecule has 2 aliphatic heterocycles. The van der Waals surface area contributed by atoms with Crippen molar-refractivity contribution in [1.82, 2.24) is 9.55 Å². The SMILES string of the molecule is CC(C)[Si]1(C(C)C)OCC2OC(n3ccc([O])nc3=O)CC2O[Si](C(C)C)(C(C)C)O1. The maximum absolute atomic E-state index is 12.3. The Bertz CT molecular complexity index is 812. The van der Waals surface area contributed by atoms with Crippen molar-refractivity contribution in [2.45, 2.75) is 102 Å². The third-order valence-corrected chi connectivity index (χ3v) is 16.9. The van der Waals surface area contributed by atoms with E-state index >= 15 is 0 Å². The van der Waals surface area contributed by atoms with E-state index in [4.69, 9.17) is 17.7 Å². The van der Waals surface area contributed by atoms with Gasteiger partial charge in [0.2, 0.25) is 0 Å². The molecule has 31 heavy (non-hydrogen) atoms. The van der Waals surface area contributed by atoms with Crippen molar-refractivity contribution in [2.24, 2.45) is 0 Å². The smallest absolute Gasteiger partial charge is 0.353 e. The second-order valence-corrected chi connectivity index (χ2v) is 18.8. The predicted molar refractivity (Wildman–Crippen MR) is 121 cm³/mol. The maximum atomic E-state index is 12.3. The highest BCUT2D eigenvalue weighted by atomic mass is 28.5. The molecule has 10 heteroatoms. The molecule has 0 aliphatic carbocycles. The van der Waals surface area contributed by atoms with Crippen molar-refractivity contribution < 1.29 is 22.8 Å². The predicted octanol–water partition coefficient (Wildman–Crippen LogP) is 4.63. The van der Waals surface area contributed by atoms with Crippen LogP contribution >= 0.6 is 0 Å². The van der Waals surface area contributed by atoms with Gasteiger partial charge in [-0.15, -0.1) is 0 Å². The zero-order valence-electron chi connectivity index (χ0n) is 20.0. The first kappa shape index (κ1) is 24.6. The average Bonchev–Trinajstić information content (AvgIpc) is 3.02. The molecule has 2 saturated heterocycles. The van der Waals surface area contributed by atoms with Gasteiger partial charge in [0, 0.05) is 18.7 Å². The van der Waals surface area contributed by atoms with Crippen LogP contribution in [0.15, 0.2) is 17.1 Å². The van der Waals surface area contributed by atoms with E-state index in [2.05, 4.69) is 60.4 Å². The molecule has 8 nitrogen and oxygen atoms in total. The summed E-state index contributed by atoms with van der Waals surface area (Å²) in [6.07, 6.45) is 0.851. The van der Waals surface area contributed by atoms with E-state index in [0.717, 1.165) is 0 Å². The Morgan fingerprint density at radius 3 is 2.06 bits per heavy atom. The first-order valence-electron chi connectivity index (χ1n) is 11.4. The standard InChI is InChI=1S/C21H37N2O6Si2/c1-13(2)30(14(3)4)26-12-18-17(28-31(29-30,15(5)6)16(7)8)11-20(27-18)23-10-9-19(24)22-21(23)25/h9-10,13-18,20H,11-12H2,1-8H3. The van der Waals surface area contributed by atoms with Crippen molar-refractivity contribution >= 4 is 17.1 Å². The molecule has 0 amide bonds. The number of ether oxygens (including phenoxy) is 1. The van der Waals surface area contributed by atoms with Gasteiger partial charge in [-0.25, -0.2) is 4.79 Å². The molecule has 3 rings (SSSR count). The fourth-order valence-corrected chi connectivity index (χ4v) is 16.1. The number of fused-ring (bicyclic) bond motifs is 1. The van der Waals surface area contributed by atoms with Gasteiger partial charge in [0.05, 0.1) is 12.7 Å². The van der Waals surface area contributed by atoms with Crippen molar-refractivity contribution in [3.8, 4) is 5.88 Å². The summed E-state index contributed by atoms with van der Waals surface area (Å²) in [5.41, 5.74) is 0.356. The first-order chi connectivity index (χ1) is 14.4. The molecule has 1 aromatic rings. The zero-order chi connectivity index (χ0) is 23.1. The molecule has 0 aromatic carbocycles. The summed E-state index contributed by atoms with van der Waals surface area (Å²) in [5, 5.41) is 11.4. The summed E-state index contributed by atoms with van der Waals surface area (Å²) >= 11 is 0. The van der Waals surface area contributed by atoms with E-state index in [1.165, 1.54) is 16.8 Å². The van der Waals surface area contributed by atoms with Crippen LogP contribution in [0, 0.1) is 0 Å². The summed E-state index contributed by atoms with van der Waals surface area (Å²) in [4.78, 5) is 15.8. The van der Waals surface area contributed by atoms with Crippen LogP contribution in [0.4, 0.5) is 0 Å². The lowest BCUT2D eigenvalue weighted by Gasteiger charge is -2.51. The number of hydrogen-bond donors (Lipinski definition) is 0. The Kier molecular flexibility index (Phi) is 7.19. The van der Waals surface area contributed by atoms with E-state index in [1.807, 2.05) is 0 Å². The molecule has 3 unspecified atom stereocenters. The fourth-order valence-electron chi connectivity index (χ4n) is 4.92. The second kappa shape index (κ2) is 9.07. The Hall–Kier alpha value is -1.05. The van der Waals surface area contributed by atoms with Crippen LogP contribution in [-0.2, 0) is 22.8 Å². The molecule has 3 heterocycles. The molecular formula is C21H37N2O6Si2. The summed E-state index contributed by atoms with van der Waals surface area (Å²) in [5.74, 6) is -0.547. The number of hydrogen-bond acceptors (Lipinski definition) is 6. The number of rotatable bonds is 5. The average molecular weight is 470 g/mol. The van der Waals surface area contributed by atoms with Crippen LogP contribution in [0.5, 0.6) is 5.88 Å². The highest BCUT2D eigenvalue weighted by Crippen LogP contribution is 2.48. The molecule has 1 radical (unpaired) electrons. The summed E-state index contributed by atoms with van der Waals surface area (Å²) < 4.78 is 28.4. The maximum Gasteiger partial charge on any atom is 0.353 e. The molecule has 0 bridgehead atoms. The quantitative estimate of drug-likeness (QED) is 0.584. The molecule has 0 spiro atoms. The Balaban J connectivity index is 2.01. The fraction of sp³-hybridized carbons (Fsp3) is 0.810. The van der Waals surface area contributed by atoms with Crippen LogP contribution in [0.1, 0.15) is 68.0 Å². The second-order valence-electron chi connectivity index (χ2n) is 9.95. The van der Waals surface area contributed by atoms with Crippen molar-refractivity contribution in [3.05, 3.63) is 22.7 Å². The van der Waals surface area contributed by atoms with E-state index in [9.17, 15) is 9.90 Å². The third-order valence-electron chi connectivity index (χ3n) is 6.64. The van der Waals surface area contributed by atoms with Crippen LogP contribution < -0.4 is 5.69 Å². The summed E-state index contributed by atoms with van der Waals surface area (Å²) in [6.45, 7) is 17.8. The molecule has 175 valence electrons. The summed E-state index contributed by atoms with van der Waals surface area (Å²) in [6, 6.07) is 1.28. The van der Waals surface area contributed by atoms with E-state index in [0.29, 0.717) is 13.0 Å². The minimum Gasteiger partial charge on any atom is -0.414 e. The number of aromatic nitrogens is 2. The van der Waals surface area contributed by atoms with Gasteiger partial charge in [0.25, 0.3) is 5.88 Å². The lowest BCUT2D eigenvalue weighted by molar-refractivity contribution is -0.0566. The van der Waals surface area contributed by atoms with Crippen molar-refractivity contribution in [2.75, 3.05) is 6.61 Å². The highest BCUT2D eigenvalue weighted by molar-refractivity contribution is 6.83. The molecule has 2 fully saturated rings. The van der Waals surface area contributed by atoms with Gasteiger partial charge in [-0.3, -0.25) is 9.67 Å². The van der Waals surface area contributed by atoms with Gasteiger partial charge < -0.3 is 17.7 Å². The Morgan fingerprint density at radius 1 is 0.968 bits per heavy atom. The van der Waals surface area contributed by atoms with Gasteiger partial charge in [-0.05, 0) is 22.2 Å². The zero-order valence-corrected chi connectivity index (χ0v) is 22.0. The normalized spacial score (nSPS) is 28.2. The third kappa shape index (κ3) is 4.42. The van der Waals surface area contributed by atoms with Gasteiger partial charge in [-0.2, -0.15) is 4.98 Å². The Morgan fingerprint density at radius 2 is 1.55 bits per heavy atom. The van der Waals surface area contributed by atoms with Gasteiger partial charge in [0.1, 0.15) is 12.3 Å². The van der Waals surface area contributed by atoms with Crippen molar-refractivity contribution in [1.29, 1.82) is 0 Å². The van der Waals surface area contributed by atoms with Crippen LogP contribution in [0.2, 0.25) is 22.2 Å². The van der Waals surface area contributed by atoms with Gasteiger partial charge in [-0.1, -0.05) is 55.4 Å². The van der Waals surface area contributed by atoms with Gasteiger partial charge >= 0.3 is 22.8 Å². The molecular weight excluding hydrogens is 432 g/mol. The van der Waals surface area contributed by atoms with Crippen LogP contribution in [-0.4, -0.2) is 45.5 Å². The van der Waals surface area contributed by atoms with Crippen molar-refractivity contribution in [3.63, 3.8) is 0 Å². The molecule has 3 atom stereocenters. The van der Waals surface area contributed by atoms with Gasteiger partial charge in [0.15, 0.2) is 0 Å². The van der Waals surface area contributed by atoms with E-state index in [-0.39, 0.29) is 34.4 Å². The minimum atomic E-state index is -2.72. The molecule has 0 N–H and O–H groups in total. The topological polar surface area (TPSA) is 91.7 Å². The highest BCUT2D eigenvalue weighted by Gasteiger charge is 2.60. The monoisotopic (exact) mass is 469 g/mol. The lowest BCUT2D eigenvalue weighted by Crippen LogP contribution is -2.65. The molecule has 1 aromatic heterocycles. The van der Waals surface area contributed by atoms with E-state index in [1.54, 1.807) is 0 Å². The summed E-state index contributed by atoms with van der Waals surface area (Å²) in [7, 11) is -5.34. The Labute approximate surface area is 187 Å². The van der Waals surface area contributed by atoms with Crippen LogP contribution in [0.25, 0.3) is 0 Å². The number of nitrogens with zero attached hydrogens (tertiary/aromatic N) is 2.